The average molecular weight is 438 g/mol. The molecule has 0 saturated heterocycles. The zero-order valence-electron chi connectivity index (χ0n) is 14.8. The van der Waals surface area contributed by atoms with Crippen LogP contribution in [0.15, 0.2) is 64.1 Å². The Hall–Kier alpha value is -3.66. The van der Waals surface area contributed by atoms with Crippen LogP contribution in [0.25, 0.3) is 11.3 Å². The van der Waals surface area contributed by atoms with Crippen molar-refractivity contribution in [3.8, 4) is 11.3 Å². The summed E-state index contributed by atoms with van der Waals surface area (Å²) in [6.45, 7) is 0. The first-order valence-electron chi connectivity index (χ1n) is 8.20. The molecule has 1 heterocycles. The number of amides is 1. The molecule has 7 nitrogen and oxygen atoms in total. The van der Waals surface area contributed by atoms with Crippen LogP contribution in [0.3, 0.4) is 0 Å². The fourth-order valence-corrected chi connectivity index (χ4v) is 2.65. The van der Waals surface area contributed by atoms with Crippen molar-refractivity contribution in [2.24, 2.45) is 5.10 Å². The highest BCUT2D eigenvalue weighted by molar-refractivity contribution is 6.30. The van der Waals surface area contributed by atoms with Gasteiger partial charge in [0.15, 0.2) is 0 Å². The average Bonchev–Trinajstić information content (AvgIpc) is 3.16. The van der Waals surface area contributed by atoms with E-state index < -0.39 is 22.6 Å². The maximum Gasteiger partial charge on any atom is 0.416 e. The highest BCUT2D eigenvalue weighted by atomic mass is 35.5. The molecule has 154 valence electrons. The summed E-state index contributed by atoms with van der Waals surface area (Å²) in [5, 5.41) is 15.0. The quantitative estimate of drug-likeness (QED) is 0.333. The Bertz CT molecular complexity index is 1140. The second kappa shape index (κ2) is 8.37. The summed E-state index contributed by atoms with van der Waals surface area (Å²) in [6, 6.07) is 10.9. The molecule has 3 aromatic rings. The van der Waals surface area contributed by atoms with Gasteiger partial charge in [-0.1, -0.05) is 17.7 Å². The number of halogens is 4. The first kappa shape index (κ1) is 21.1. The lowest BCUT2D eigenvalue weighted by molar-refractivity contribution is -0.384. The van der Waals surface area contributed by atoms with Crippen molar-refractivity contribution >= 4 is 29.4 Å². The van der Waals surface area contributed by atoms with Crippen LogP contribution in [-0.4, -0.2) is 17.0 Å². The van der Waals surface area contributed by atoms with Gasteiger partial charge >= 0.3 is 6.18 Å². The third-order valence-corrected chi connectivity index (χ3v) is 4.09. The largest absolute Gasteiger partial charge is 0.455 e. The van der Waals surface area contributed by atoms with Gasteiger partial charge in [0.25, 0.3) is 11.6 Å². The lowest BCUT2D eigenvalue weighted by atomic mass is 10.1. The number of nitro groups is 1. The number of nitrogens with zero attached hydrogens (tertiary/aromatic N) is 2. The van der Waals surface area contributed by atoms with Crippen molar-refractivity contribution in [3.05, 3.63) is 86.6 Å². The van der Waals surface area contributed by atoms with Crippen molar-refractivity contribution < 1.29 is 27.3 Å². The summed E-state index contributed by atoms with van der Waals surface area (Å²) < 4.78 is 43.6. The van der Waals surface area contributed by atoms with E-state index in [4.69, 9.17) is 16.0 Å². The van der Waals surface area contributed by atoms with E-state index in [0.717, 1.165) is 18.3 Å². The van der Waals surface area contributed by atoms with Crippen LogP contribution < -0.4 is 5.43 Å². The molecule has 0 unspecified atom stereocenters. The van der Waals surface area contributed by atoms with Gasteiger partial charge in [-0.15, -0.1) is 0 Å². The van der Waals surface area contributed by atoms with E-state index in [1.807, 2.05) is 0 Å². The fourth-order valence-electron chi connectivity index (χ4n) is 2.49. The van der Waals surface area contributed by atoms with Crippen LogP contribution in [0.5, 0.6) is 0 Å². The predicted octanol–water partition coefficient (Wildman–Crippen LogP) is 5.29. The Labute approximate surface area is 171 Å². The predicted molar refractivity (Wildman–Crippen MR) is 102 cm³/mol. The Balaban J connectivity index is 1.73. The summed E-state index contributed by atoms with van der Waals surface area (Å²) in [7, 11) is 0. The van der Waals surface area contributed by atoms with E-state index in [1.165, 1.54) is 36.4 Å². The topological polar surface area (TPSA) is 97.7 Å². The molecule has 0 saturated carbocycles. The first-order chi connectivity index (χ1) is 14.1. The molecule has 0 fully saturated rings. The maximum absolute atomic E-state index is 12.7. The van der Waals surface area contributed by atoms with Crippen LogP contribution in [0.2, 0.25) is 5.02 Å². The van der Waals surface area contributed by atoms with Crippen molar-refractivity contribution in [3.63, 3.8) is 0 Å². The Kier molecular flexibility index (Phi) is 5.88. The van der Waals surface area contributed by atoms with Crippen molar-refractivity contribution in [2.75, 3.05) is 0 Å². The number of rotatable bonds is 5. The Morgan fingerprint density at radius 3 is 2.63 bits per heavy atom. The van der Waals surface area contributed by atoms with Gasteiger partial charge in [-0.25, -0.2) is 5.43 Å². The zero-order valence-corrected chi connectivity index (χ0v) is 15.6. The smallest absolute Gasteiger partial charge is 0.416 e. The van der Waals surface area contributed by atoms with E-state index in [1.54, 1.807) is 0 Å². The Morgan fingerprint density at radius 2 is 1.93 bits per heavy atom. The summed E-state index contributed by atoms with van der Waals surface area (Å²) >= 11 is 5.78. The minimum atomic E-state index is -4.57. The van der Waals surface area contributed by atoms with Gasteiger partial charge in [0.2, 0.25) is 0 Å². The minimum Gasteiger partial charge on any atom is -0.455 e. The van der Waals surface area contributed by atoms with E-state index in [9.17, 15) is 28.1 Å². The van der Waals surface area contributed by atoms with Gasteiger partial charge in [-0.05, 0) is 42.5 Å². The maximum atomic E-state index is 12.7. The van der Waals surface area contributed by atoms with Crippen LogP contribution in [0, 0.1) is 10.1 Å². The molecule has 0 radical (unpaired) electrons. The van der Waals surface area contributed by atoms with E-state index in [2.05, 4.69) is 10.5 Å². The number of alkyl halides is 3. The molecule has 3 rings (SSSR count). The highest BCUT2D eigenvalue weighted by Gasteiger charge is 2.30. The third-order valence-electron chi connectivity index (χ3n) is 3.86. The number of hydrogen-bond acceptors (Lipinski definition) is 5. The summed E-state index contributed by atoms with van der Waals surface area (Å²) in [6.07, 6.45) is -3.47. The monoisotopic (exact) mass is 437 g/mol. The van der Waals surface area contributed by atoms with E-state index in [0.29, 0.717) is 6.07 Å². The molecule has 2 aromatic carbocycles. The van der Waals surface area contributed by atoms with Crippen molar-refractivity contribution in [1.82, 2.24) is 5.43 Å². The molecule has 1 aromatic heterocycles. The molecule has 0 aliphatic rings. The molecule has 1 amide bonds. The molecule has 0 bridgehead atoms. The molecule has 0 aliphatic heterocycles. The van der Waals surface area contributed by atoms with Crippen molar-refractivity contribution in [2.45, 2.75) is 6.18 Å². The second-order valence-electron chi connectivity index (χ2n) is 5.90. The molecule has 11 heteroatoms. The molecule has 0 atom stereocenters. The van der Waals surface area contributed by atoms with Gasteiger partial charge in [-0.2, -0.15) is 18.3 Å². The zero-order chi connectivity index (χ0) is 21.9. The summed E-state index contributed by atoms with van der Waals surface area (Å²) in [4.78, 5) is 22.6. The molecular formula is C19H11ClF3N3O4. The number of nitrogens with one attached hydrogen (secondary N) is 1. The van der Waals surface area contributed by atoms with Crippen molar-refractivity contribution in [1.29, 1.82) is 0 Å². The van der Waals surface area contributed by atoms with Gasteiger partial charge < -0.3 is 4.42 Å². The summed E-state index contributed by atoms with van der Waals surface area (Å²) in [5.41, 5.74) is 0.848. The third kappa shape index (κ3) is 4.84. The normalized spacial score (nSPS) is 11.6. The number of carbonyl (C=O) groups is 1. The van der Waals surface area contributed by atoms with Crippen LogP contribution in [0.4, 0.5) is 18.9 Å². The lowest BCUT2D eigenvalue weighted by Gasteiger charge is -2.07. The van der Waals surface area contributed by atoms with E-state index >= 15 is 0 Å². The number of benzene rings is 2. The number of furan rings is 1. The lowest BCUT2D eigenvalue weighted by Crippen LogP contribution is -2.18. The summed E-state index contributed by atoms with van der Waals surface area (Å²) in [5.74, 6) is -0.528. The first-order valence-corrected chi connectivity index (χ1v) is 8.58. The molecule has 0 spiro atoms. The van der Waals surface area contributed by atoms with Gasteiger partial charge in [-0.3, -0.25) is 14.9 Å². The SMILES string of the molecule is O=C(N/N=C\c1ccc(-c2ccc(Cl)cc2[N+](=O)[O-])o1)c1cccc(C(F)(F)F)c1. The van der Waals surface area contributed by atoms with Crippen LogP contribution >= 0.6 is 11.6 Å². The standard InChI is InChI=1S/C19H11ClF3N3O4/c20-13-4-6-15(16(9-13)26(28)29)17-7-5-14(30-17)10-24-25-18(27)11-2-1-3-12(8-11)19(21,22)23/h1-10H,(H,25,27)/b24-10-. The fraction of sp³-hybridized carbons (Fsp3) is 0.0526. The van der Waals surface area contributed by atoms with Gasteiger partial charge in [0.05, 0.1) is 22.3 Å². The van der Waals surface area contributed by atoms with Gasteiger partial charge in [0, 0.05) is 16.7 Å². The van der Waals surface area contributed by atoms with Gasteiger partial charge in [0.1, 0.15) is 11.5 Å². The number of carbonyl (C=O) groups excluding carboxylic acids is 1. The van der Waals surface area contributed by atoms with Crippen LogP contribution in [0.1, 0.15) is 21.7 Å². The second-order valence-corrected chi connectivity index (χ2v) is 6.33. The highest BCUT2D eigenvalue weighted by Crippen LogP contribution is 2.33. The molecule has 30 heavy (non-hydrogen) atoms. The minimum absolute atomic E-state index is 0.151. The number of nitro benzene ring substituents is 1. The van der Waals surface area contributed by atoms with Crippen LogP contribution in [-0.2, 0) is 6.18 Å². The van der Waals surface area contributed by atoms with E-state index in [-0.39, 0.29) is 33.4 Å². The number of hydrazone groups is 1. The molecule has 0 aliphatic carbocycles. The molecular weight excluding hydrogens is 427 g/mol. The molecule has 1 N–H and O–H groups in total. The number of hydrogen-bond donors (Lipinski definition) is 1. The Morgan fingerprint density at radius 1 is 1.17 bits per heavy atom.